The summed E-state index contributed by atoms with van der Waals surface area (Å²) in [6.07, 6.45) is 2.90. The molecule has 2 aliphatic rings. The number of aliphatic hydroxyl groups excluding tert-OH is 1. The third-order valence-electron chi connectivity index (χ3n) is 5.36. The Labute approximate surface area is 164 Å². The summed E-state index contributed by atoms with van der Waals surface area (Å²) in [4.78, 5) is 0. The first-order valence-electron chi connectivity index (χ1n) is 9.10. The van der Waals surface area contributed by atoms with E-state index in [0.29, 0.717) is 18.2 Å². The molecule has 1 aliphatic heterocycles. The molecular formula is C21H26BrNO3. The fourth-order valence-corrected chi connectivity index (χ4v) is 4.80. The molecule has 2 atom stereocenters. The zero-order chi connectivity index (χ0) is 18.7. The molecule has 5 heteroatoms. The van der Waals surface area contributed by atoms with Crippen LogP contribution in [0, 0.1) is 17.8 Å². The van der Waals surface area contributed by atoms with Crippen LogP contribution in [0.15, 0.2) is 22.4 Å². The van der Waals surface area contributed by atoms with E-state index in [4.69, 9.17) is 9.47 Å². The van der Waals surface area contributed by atoms with Crippen molar-refractivity contribution >= 4 is 21.5 Å². The van der Waals surface area contributed by atoms with Gasteiger partial charge in [0, 0.05) is 40.9 Å². The lowest BCUT2D eigenvalue weighted by molar-refractivity contribution is 0.109. The SMILES string of the molecule is CC#Cc1cc(Br)c(C2=C(O)C3(CCC(COCC)C3)NC2)c(OC)c1. The predicted molar refractivity (Wildman–Crippen MR) is 107 cm³/mol. The lowest BCUT2D eigenvalue weighted by Gasteiger charge is -2.25. The normalized spacial score (nSPS) is 24.8. The maximum absolute atomic E-state index is 11.1. The highest BCUT2D eigenvalue weighted by atomic mass is 79.9. The topological polar surface area (TPSA) is 50.7 Å². The van der Waals surface area contributed by atoms with Gasteiger partial charge < -0.3 is 19.9 Å². The largest absolute Gasteiger partial charge is 0.510 e. The van der Waals surface area contributed by atoms with Crippen molar-refractivity contribution in [2.24, 2.45) is 5.92 Å². The summed E-state index contributed by atoms with van der Waals surface area (Å²) >= 11 is 3.65. The molecule has 0 aromatic heterocycles. The molecule has 3 rings (SSSR count). The van der Waals surface area contributed by atoms with Crippen molar-refractivity contribution in [2.75, 3.05) is 26.9 Å². The number of rotatable bonds is 5. The summed E-state index contributed by atoms with van der Waals surface area (Å²) in [5.41, 5.74) is 2.37. The van der Waals surface area contributed by atoms with Gasteiger partial charge >= 0.3 is 0 Å². The van der Waals surface area contributed by atoms with Crippen molar-refractivity contribution in [1.29, 1.82) is 0 Å². The Bertz CT molecular complexity index is 777. The molecule has 1 spiro atoms. The van der Waals surface area contributed by atoms with E-state index in [1.54, 1.807) is 7.11 Å². The maximum Gasteiger partial charge on any atom is 0.128 e. The van der Waals surface area contributed by atoms with Gasteiger partial charge in [-0.1, -0.05) is 5.92 Å². The van der Waals surface area contributed by atoms with Crippen LogP contribution in [0.3, 0.4) is 0 Å². The number of ether oxygens (including phenoxy) is 2. The number of hydrogen-bond donors (Lipinski definition) is 2. The minimum absolute atomic E-state index is 0.330. The van der Waals surface area contributed by atoms with Crippen LogP contribution < -0.4 is 10.1 Å². The van der Waals surface area contributed by atoms with E-state index in [1.165, 1.54) is 0 Å². The molecule has 1 aromatic carbocycles. The first kappa shape index (κ1) is 19.3. The third kappa shape index (κ3) is 3.51. The Hall–Kier alpha value is -1.48. The molecule has 26 heavy (non-hydrogen) atoms. The predicted octanol–water partition coefficient (Wildman–Crippen LogP) is 4.28. The molecule has 0 amide bonds. The third-order valence-corrected chi connectivity index (χ3v) is 5.99. The lowest BCUT2D eigenvalue weighted by Crippen LogP contribution is -2.40. The fourth-order valence-electron chi connectivity index (χ4n) is 4.12. The molecule has 1 fully saturated rings. The van der Waals surface area contributed by atoms with Gasteiger partial charge in [0.1, 0.15) is 11.5 Å². The van der Waals surface area contributed by atoms with Crippen LogP contribution in [-0.2, 0) is 4.74 Å². The van der Waals surface area contributed by atoms with Gasteiger partial charge in [-0.2, -0.15) is 0 Å². The van der Waals surface area contributed by atoms with Crippen molar-refractivity contribution in [1.82, 2.24) is 5.32 Å². The minimum Gasteiger partial charge on any atom is -0.510 e. The minimum atomic E-state index is -0.330. The second-order valence-corrected chi connectivity index (χ2v) is 7.80. The maximum atomic E-state index is 11.1. The van der Waals surface area contributed by atoms with E-state index in [-0.39, 0.29) is 5.54 Å². The smallest absolute Gasteiger partial charge is 0.128 e. The van der Waals surface area contributed by atoms with Gasteiger partial charge in [-0.15, -0.1) is 5.92 Å². The monoisotopic (exact) mass is 419 g/mol. The van der Waals surface area contributed by atoms with Crippen LogP contribution in [0.2, 0.25) is 0 Å². The summed E-state index contributed by atoms with van der Waals surface area (Å²) in [6, 6.07) is 3.90. The Morgan fingerprint density at radius 1 is 1.42 bits per heavy atom. The first-order valence-corrected chi connectivity index (χ1v) is 9.90. The second kappa shape index (κ2) is 8.04. The highest BCUT2D eigenvalue weighted by Gasteiger charge is 2.47. The summed E-state index contributed by atoms with van der Waals surface area (Å²) in [6.45, 7) is 5.96. The van der Waals surface area contributed by atoms with E-state index < -0.39 is 0 Å². The number of benzene rings is 1. The van der Waals surface area contributed by atoms with E-state index in [9.17, 15) is 5.11 Å². The van der Waals surface area contributed by atoms with Gasteiger partial charge in [0.2, 0.25) is 0 Å². The summed E-state index contributed by atoms with van der Waals surface area (Å²) in [5.74, 6) is 7.62. The van der Waals surface area contributed by atoms with Crippen molar-refractivity contribution in [3.05, 3.63) is 33.5 Å². The van der Waals surface area contributed by atoms with Gasteiger partial charge in [-0.3, -0.25) is 0 Å². The zero-order valence-corrected chi connectivity index (χ0v) is 17.2. The van der Waals surface area contributed by atoms with Crippen LogP contribution in [0.1, 0.15) is 44.2 Å². The zero-order valence-electron chi connectivity index (χ0n) is 15.6. The van der Waals surface area contributed by atoms with Gasteiger partial charge in [0.05, 0.1) is 12.6 Å². The van der Waals surface area contributed by atoms with Crippen LogP contribution in [0.5, 0.6) is 5.75 Å². The van der Waals surface area contributed by atoms with Gasteiger partial charge in [0.15, 0.2) is 0 Å². The van der Waals surface area contributed by atoms with Crippen LogP contribution in [0.25, 0.3) is 5.57 Å². The second-order valence-electron chi connectivity index (χ2n) is 6.94. The van der Waals surface area contributed by atoms with E-state index in [2.05, 4.69) is 33.1 Å². The Morgan fingerprint density at radius 2 is 2.23 bits per heavy atom. The average Bonchev–Trinajstić information content (AvgIpc) is 3.18. The number of aliphatic hydroxyl groups is 1. The molecule has 140 valence electrons. The standard InChI is InChI=1S/C21H26BrNO3/c1-4-6-14-9-17(22)19(18(10-14)25-3)16-12-23-21(20(16)24)8-7-15(11-21)13-26-5-2/h9-10,15,23-24H,5,7-8,11-13H2,1-3H3. The molecule has 2 unspecified atom stereocenters. The molecule has 0 saturated heterocycles. The van der Waals surface area contributed by atoms with E-state index in [0.717, 1.165) is 59.4 Å². The van der Waals surface area contributed by atoms with Crippen molar-refractivity contribution in [3.63, 3.8) is 0 Å². The van der Waals surface area contributed by atoms with Gasteiger partial charge in [0.25, 0.3) is 0 Å². The number of methoxy groups -OCH3 is 1. The number of hydrogen-bond acceptors (Lipinski definition) is 4. The molecule has 1 saturated carbocycles. The summed E-state index contributed by atoms with van der Waals surface area (Å²) in [7, 11) is 1.65. The molecule has 1 aliphatic carbocycles. The highest BCUT2D eigenvalue weighted by Crippen LogP contribution is 2.47. The molecule has 4 nitrogen and oxygen atoms in total. The molecule has 0 radical (unpaired) electrons. The lowest BCUT2D eigenvalue weighted by atomic mass is 9.92. The van der Waals surface area contributed by atoms with Gasteiger partial charge in [-0.05, 0) is 67.1 Å². The average molecular weight is 420 g/mol. The van der Waals surface area contributed by atoms with Crippen LogP contribution in [0.4, 0.5) is 0 Å². The Morgan fingerprint density at radius 3 is 2.92 bits per heavy atom. The van der Waals surface area contributed by atoms with E-state index >= 15 is 0 Å². The summed E-state index contributed by atoms with van der Waals surface area (Å²) < 4.78 is 12.1. The Kier molecular flexibility index (Phi) is 5.96. The van der Waals surface area contributed by atoms with Gasteiger partial charge in [-0.25, -0.2) is 0 Å². The van der Waals surface area contributed by atoms with Crippen molar-refractivity contribution in [2.45, 2.75) is 38.6 Å². The number of halogens is 1. The Balaban J connectivity index is 1.95. The highest BCUT2D eigenvalue weighted by molar-refractivity contribution is 9.10. The van der Waals surface area contributed by atoms with Crippen molar-refractivity contribution in [3.8, 4) is 17.6 Å². The van der Waals surface area contributed by atoms with Crippen LogP contribution >= 0.6 is 15.9 Å². The van der Waals surface area contributed by atoms with Crippen molar-refractivity contribution < 1.29 is 14.6 Å². The molecule has 1 heterocycles. The first-order chi connectivity index (χ1) is 12.5. The molecule has 2 N–H and O–H groups in total. The fraction of sp³-hybridized carbons (Fsp3) is 0.524. The number of nitrogens with one attached hydrogen (secondary N) is 1. The van der Waals surface area contributed by atoms with E-state index in [1.807, 2.05) is 26.0 Å². The summed E-state index contributed by atoms with van der Waals surface area (Å²) in [5, 5.41) is 14.7. The quantitative estimate of drug-likeness (QED) is 0.699. The van der Waals surface area contributed by atoms with Crippen LogP contribution in [-0.4, -0.2) is 37.5 Å². The molecule has 1 aromatic rings. The molecule has 0 bridgehead atoms. The molecular weight excluding hydrogens is 394 g/mol.